The summed E-state index contributed by atoms with van der Waals surface area (Å²) < 4.78 is 37.8. The van der Waals surface area contributed by atoms with E-state index in [9.17, 15) is 22.8 Å². The second-order valence-electron chi connectivity index (χ2n) is 4.91. The number of hydrogen-bond donors (Lipinski definition) is 2. The molecule has 1 rings (SSSR count). The standard InChI is InChI=1S/C13H14F3NO3/c1-7-4-5-8(13(14,15)16)6-9(7)17-10(18)12(2,3)11(19)20/h4-6H,1-3H3,(H,17,18)(H,19,20). The molecule has 4 nitrogen and oxygen atoms in total. The second kappa shape index (κ2) is 5.15. The number of rotatable bonds is 3. The SMILES string of the molecule is Cc1ccc(C(F)(F)F)cc1NC(=O)C(C)(C)C(=O)O. The minimum Gasteiger partial charge on any atom is -0.480 e. The van der Waals surface area contributed by atoms with Crippen LogP contribution in [0.5, 0.6) is 0 Å². The molecule has 1 aromatic rings. The van der Waals surface area contributed by atoms with Crippen LogP contribution in [0.1, 0.15) is 25.0 Å². The van der Waals surface area contributed by atoms with Gasteiger partial charge >= 0.3 is 12.1 Å². The summed E-state index contributed by atoms with van der Waals surface area (Å²) in [5.41, 5.74) is -2.29. The number of carboxylic acids is 1. The van der Waals surface area contributed by atoms with Crippen LogP contribution in [0.4, 0.5) is 18.9 Å². The largest absolute Gasteiger partial charge is 0.480 e. The molecule has 2 N–H and O–H groups in total. The summed E-state index contributed by atoms with van der Waals surface area (Å²) in [5.74, 6) is -2.24. The van der Waals surface area contributed by atoms with E-state index >= 15 is 0 Å². The predicted molar refractivity (Wildman–Crippen MR) is 66.2 cm³/mol. The van der Waals surface area contributed by atoms with E-state index in [2.05, 4.69) is 5.32 Å². The summed E-state index contributed by atoms with van der Waals surface area (Å²) in [6.45, 7) is 3.87. The highest BCUT2D eigenvalue weighted by Gasteiger charge is 2.37. The zero-order chi connectivity index (χ0) is 15.7. The summed E-state index contributed by atoms with van der Waals surface area (Å²) in [6, 6.07) is 2.89. The Labute approximate surface area is 113 Å². The molecular weight excluding hydrogens is 275 g/mol. The molecule has 0 unspecified atom stereocenters. The molecule has 0 aromatic heterocycles. The number of aliphatic carboxylic acids is 1. The van der Waals surface area contributed by atoms with Crippen molar-refractivity contribution in [3.63, 3.8) is 0 Å². The Balaban J connectivity index is 3.10. The number of hydrogen-bond acceptors (Lipinski definition) is 2. The maximum Gasteiger partial charge on any atom is 0.416 e. The molecule has 0 heterocycles. The quantitative estimate of drug-likeness (QED) is 0.840. The van der Waals surface area contributed by atoms with E-state index in [4.69, 9.17) is 5.11 Å². The van der Waals surface area contributed by atoms with E-state index in [0.29, 0.717) is 5.56 Å². The molecule has 1 amide bonds. The molecule has 0 saturated heterocycles. The Bertz CT molecular complexity index is 550. The lowest BCUT2D eigenvalue weighted by atomic mass is 9.92. The van der Waals surface area contributed by atoms with Crippen LogP contribution < -0.4 is 5.32 Å². The van der Waals surface area contributed by atoms with Crippen molar-refractivity contribution in [1.82, 2.24) is 0 Å². The normalized spacial score (nSPS) is 12.1. The average molecular weight is 289 g/mol. The van der Waals surface area contributed by atoms with E-state index in [1.54, 1.807) is 0 Å². The molecule has 110 valence electrons. The van der Waals surface area contributed by atoms with Crippen LogP contribution in [0.3, 0.4) is 0 Å². The van der Waals surface area contributed by atoms with Gasteiger partial charge in [-0.3, -0.25) is 9.59 Å². The van der Waals surface area contributed by atoms with Gasteiger partial charge in [0.05, 0.1) is 5.56 Å². The third-order valence-corrected chi connectivity index (χ3v) is 2.92. The molecular formula is C13H14F3NO3. The lowest BCUT2D eigenvalue weighted by Crippen LogP contribution is -2.38. The van der Waals surface area contributed by atoms with E-state index in [0.717, 1.165) is 12.1 Å². The monoisotopic (exact) mass is 289 g/mol. The highest BCUT2D eigenvalue weighted by Crippen LogP contribution is 2.32. The highest BCUT2D eigenvalue weighted by molar-refractivity contribution is 6.07. The van der Waals surface area contributed by atoms with Crippen molar-refractivity contribution in [1.29, 1.82) is 0 Å². The first-order valence-electron chi connectivity index (χ1n) is 5.69. The van der Waals surface area contributed by atoms with Crippen LogP contribution in [-0.2, 0) is 15.8 Å². The second-order valence-corrected chi connectivity index (χ2v) is 4.91. The maximum atomic E-state index is 12.6. The van der Waals surface area contributed by atoms with Gasteiger partial charge in [0.1, 0.15) is 5.41 Å². The van der Waals surface area contributed by atoms with Crippen LogP contribution in [0.15, 0.2) is 18.2 Å². The van der Waals surface area contributed by atoms with E-state index in [1.807, 2.05) is 0 Å². The number of amides is 1. The smallest absolute Gasteiger partial charge is 0.416 e. The van der Waals surface area contributed by atoms with Crippen LogP contribution in [0.25, 0.3) is 0 Å². The van der Waals surface area contributed by atoms with Crippen molar-refractivity contribution in [2.45, 2.75) is 26.9 Å². The van der Waals surface area contributed by atoms with Crippen molar-refractivity contribution in [3.8, 4) is 0 Å². The third kappa shape index (κ3) is 3.28. The number of aryl methyl sites for hydroxylation is 1. The molecule has 1 aromatic carbocycles. The Morgan fingerprint density at radius 3 is 2.20 bits per heavy atom. The first-order chi connectivity index (χ1) is 8.96. The van der Waals surface area contributed by atoms with Crippen molar-refractivity contribution in [2.75, 3.05) is 5.32 Å². The molecule has 0 atom stereocenters. The molecule has 7 heteroatoms. The molecule has 0 fully saturated rings. The Hall–Kier alpha value is -2.05. The lowest BCUT2D eigenvalue weighted by molar-refractivity contribution is -0.151. The van der Waals surface area contributed by atoms with Crippen molar-refractivity contribution in [3.05, 3.63) is 29.3 Å². The minimum atomic E-state index is -4.53. The van der Waals surface area contributed by atoms with Crippen molar-refractivity contribution >= 4 is 17.6 Å². The first kappa shape index (κ1) is 16.0. The van der Waals surface area contributed by atoms with Gasteiger partial charge in [0, 0.05) is 5.69 Å². The highest BCUT2D eigenvalue weighted by atomic mass is 19.4. The minimum absolute atomic E-state index is 0.0563. The van der Waals surface area contributed by atoms with Gasteiger partial charge in [0.15, 0.2) is 0 Å². The molecule has 0 radical (unpaired) electrons. The lowest BCUT2D eigenvalue weighted by Gasteiger charge is -2.20. The Kier molecular flexibility index (Phi) is 4.12. The number of carbonyl (C=O) groups excluding carboxylic acids is 1. The van der Waals surface area contributed by atoms with Crippen molar-refractivity contribution < 1.29 is 27.9 Å². The van der Waals surface area contributed by atoms with E-state index < -0.39 is 29.0 Å². The van der Waals surface area contributed by atoms with E-state index in [-0.39, 0.29) is 5.69 Å². The Morgan fingerprint density at radius 1 is 1.20 bits per heavy atom. The fraction of sp³-hybridized carbons (Fsp3) is 0.385. The number of halogens is 3. The fourth-order valence-electron chi connectivity index (χ4n) is 1.31. The van der Waals surface area contributed by atoms with Gasteiger partial charge in [-0.1, -0.05) is 6.07 Å². The average Bonchev–Trinajstić information content (AvgIpc) is 2.30. The molecule has 0 spiro atoms. The third-order valence-electron chi connectivity index (χ3n) is 2.92. The van der Waals surface area contributed by atoms with Crippen LogP contribution >= 0.6 is 0 Å². The van der Waals surface area contributed by atoms with Gasteiger partial charge in [0.25, 0.3) is 0 Å². The molecule has 0 aliphatic heterocycles. The molecule has 0 bridgehead atoms. The zero-order valence-corrected chi connectivity index (χ0v) is 11.1. The molecule has 20 heavy (non-hydrogen) atoms. The molecule has 0 aliphatic rings. The van der Waals surface area contributed by atoms with E-state index in [1.165, 1.54) is 26.8 Å². The number of carbonyl (C=O) groups is 2. The number of anilines is 1. The Morgan fingerprint density at radius 2 is 1.75 bits per heavy atom. The van der Waals surface area contributed by atoms with Gasteiger partial charge in [0.2, 0.25) is 5.91 Å². The van der Waals surface area contributed by atoms with Crippen LogP contribution in [-0.4, -0.2) is 17.0 Å². The van der Waals surface area contributed by atoms with Gasteiger partial charge in [-0.05, 0) is 38.5 Å². The number of carboxylic acid groups (broad SMARTS) is 1. The van der Waals surface area contributed by atoms with Gasteiger partial charge in [-0.15, -0.1) is 0 Å². The summed E-state index contributed by atoms with van der Waals surface area (Å²) in [6.07, 6.45) is -4.53. The topological polar surface area (TPSA) is 66.4 Å². The first-order valence-corrected chi connectivity index (χ1v) is 5.69. The fourth-order valence-corrected chi connectivity index (χ4v) is 1.31. The van der Waals surface area contributed by atoms with Crippen molar-refractivity contribution in [2.24, 2.45) is 5.41 Å². The van der Waals surface area contributed by atoms with Gasteiger partial charge in [-0.25, -0.2) is 0 Å². The summed E-state index contributed by atoms with van der Waals surface area (Å²) in [7, 11) is 0. The maximum absolute atomic E-state index is 12.6. The summed E-state index contributed by atoms with van der Waals surface area (Å²) in [5, 5.41) is 11.1. The van der Waals surface area contributed by atoms with Gasteiger partial charge < -0.3 is 10.4 Å². The molecule has 0 aliphatic carbocycles. The molecule has 0 saturated carbocycles. The van der Waals surface area contributed by atoms with Crippen LogP contribution in [0, 0.1) is 12.3 Å². The number of alkyl halides is 3. The summed E-state index contributed by atoms with van der Waals surface area (Å²) >= 11 is 0. The number of benzene rings is 1. The van der Waals surface area contributed by atoms with Crippen LogP contribution in [0.2, 0.25) is 0 Å². The predicted octanol–water partition coefficient (Wildman–Crippen LogP) is 3.06. The number of nitrogens with one attached hydrogen (secondary N) is 1. The van der Waals surface area contributed by atoms with Gasteiger partial charge in [-0.2, -0.15) is 13.2 Å². The zero-order valence-electron chi connectivity index (χ0n) is 11.1. The summed E-state index contributed by atoms with van der Waals surface area (Å²) in [4.78, 5) is 22.7.